The topological polar surface area (TPSA) is 40.6 Å². The van der Waals surface area contributed by atoms with Gasteiger partial charge in [-0.05, 0) is 0 Å². The molecule has 0 aliphatic rings. The summed E-state index contributed by atoms with van der Waals surface area (Å²) in [6.07, 6.45) is 0. The van der Waals surface area contributed by atoms with Gasteiger partial charge in [0, 0.05) is 27.2 Å². The van der Waals surface area contributed by atoms with Gasteiger partial charge in [-0.1, -0.05) is 46.4 Å². The molecule has 0 bridgehead atoms. The van der Waals surface area contributed by atoms with E-state index in [1.54, 1.807) is 0 Å². The molecule has 0 aliphatic heterocycles. The van der Waals surface area contributed by atoms with E-state index in [4.69, 9.17) is 46.4 Å². The van der Waals surface area contributed by atoms with Gasteiger partial charge in [-0.3, -0.25) is 9.59 Å². The van der Waals surface area contributed by atoms with E-state index >= 15 is 0 Å². The van der Waals surface area contributed by atoms with E-state index in [1.807, 2.05) is 0 Å². The molecular weight excluding hydrogens is 298 g/mol. The molecule has 4 nitrogen and oxygen atoms in total. The van der Waals surface area contributed by atoms with Crippen LogP contribution in [0.25, 0.3) is 0 Å². The van der Waals surface area contributed by atoms with Crippen LogP contribution in [0.5, 0.6) is 0 Å². The maximum absolute atomic E-state index is 11.3. The molecule has 0 radical (unpaired) electrons. The first-order chi connectivity index (χ1) is 7.27. The lowest BCUT2D eigenvalue weighted by atomic mass is 10.4. The molecule has 0 saturated carbocycles. The minimum absolute atomic E-state index is 0.303. The molecule has 0 fully saturated rings. The van der Waals surface area contributed by atoms with Gasteiger partial charge in [-0.2, -0.15) is 0 Å². The molecule has 0 aromatic rings. The van der Waals surface area contributed by atoms with Crippen molar-refractivity contribution in [2.24, 2.45) is 0 Å². The van der Waals surface area contributed by atoms with Crippen molar-refractivity contribution in [3.8, 4) is 0 Å². The zero-order valence-corrected chi connectivity index (χ0v) is 11.8. The Morgan fingerprint density at radius 3 is 1.31 bits per heavy atom. The maximum atomic E-state index is 11.3. The van der Waals surface area contributed by atoms with Gasteiger partial charge in [0.05, 0.1) is 0 Å². The standard InChI is InChI=1S/C8H12Cl4N2O2/c1-13(7(15)5(9)10)3-4-14(2)8(16)6(11)12/h5-6H,3-4H2,1-2H3. The molecule has 0 N–H and O–H groups in total. The van der Waals surface area contributed by atoms with Crippen LogP contribution in [0.4, 0.5) is 0 Å². The van der Waals surface area contributed by atoms with Crippen LogP contribution in [0.3, 0.4) is 0 Å². The number of likely N-dealkylation sites (N-methyl/N-ethyl adjacent to an activating group) is 2. The molecule has 0 unspecified atom stereocenters. The summed E-state index contributed by atoms with van der Waals surface area (Å²) < 4.78 is 0. The van der Waals surface area contributed by atoms with Gasteiger partial charge in [0.2, 0.25) is 0 Å². The van der Waals surface area contributed by atoms with E-state index in [9.17, 15) is 9.59 Å². The van der Waals surface area contributed by atoms with Crippen LogP contribution in [-0.2, 0) is 9.59 Å². The first-order valence-electron chi connectivity index (χ1n) is 4.33. The summed E-state index contributed by atoms with van der Waals surface area (Å²) in [5.74, 6) is -0.838. The summed E-state index contributed by atoms with van der Waals surface area (Å²) in [7, 11) is 3.08. The van der Waals surface area contributed by atoms with Gasteiger partial charge in [0.25, 0.3) is 11.8 Å². The molecule has 0 spiro atoms. The van der Waals surface area contributed by atoms with Crippen molar-refractivity contribution in [1.82, 2.24) is 9.80 Å². The van der Waals surface area contributed by atoms with Crippen LogP contribution in [0.1, 0.15) is 0 Å². The minimum Gasteiger partial charge on any atom is -0.342 e. The van der Waals surface area contributed by atoms with Gasteiger partial charge >= 0.3 is 0 Å². The number of hydrogen-bond donors (Lipinski definition) is 0. The summed E-state index contributed by atoms with van der Waals surface area (Å²) in [5, 5.41) is 0. The first kappa shape index (κ1) is 16.1. The van der Waals surface area contributed by atoms with Crippen LogP contribution >= 0.6 is 46.4 Å². The highest BCUT2D eigenvalue weighted by atomic mass is 35.5. The third-order valence-corrected chi connectivity index (χ3v) is 2.64. The highest BCUT2D eigenvalue weighted by Crippen LogP contribution is 2.07. The molecule has 0 saturated heterocycles. The van der Waals surface area contributed by atoms with Crippen molar-refractivity contribution >= 4 is 58.2 Å². The minimum atomic E-state index is -1.10. The van der Waals surface area contributed by atoms with Crippen molar-refractivity contribution < 1.29 is 9.59 Å². The van der Waals surface area contributed by atoms with Crippen molar-refractivity contribution in [2.75, 3.05) is 27.2 Å². The number of alkyl halides is 4. The zero-order valence-electron chi connectivity index (χ0n) is 8.79. The lowest BCUT2D eigenvalue weighted by Crippen LogP contribution is -2.40. The van der Waals surface area contributed by atoms with E-state index in [1.165, 1.54) is 23.9 Å². The smallest absolute Gasteiger partial charge is 0.255 e. The maximum Gasteiger partial charge on any atom is 0.255 e. The highest BCUT2D eigenvalue weighted by Gasteiger charge is 2.20. The van der Waals surface area contributed by atoms with Gasteiger partial charge < -0.3 is 9.80 Å². The Hall–Kier alpha value is 0.1000. The molecular formula is C8H12Cl4N2O2. The van der Waals surface area contributed by atoms with Crippen molar-refractivity contribution in [3.63, 3.8) is 0 Å². The van der Waals surface area contributed by atoms with Crippen LogP contribution in [0, 0.1) is 0 Å². The molecule has 0 aromatic carbocycles. The summed E-state index contributed by atoms with van der Waals surface area (Å²) in [5.41, 5.74) is 0. The zero-order chi connectivity index (χ0) is 12.9. The third kappa shape index (κ3) is 5.43. The molecule has 0 aliphatic carbocycles. The van der Waals surface area contributed by atoms with E-state index in [2.05, 4.69) is 0 Å². The Balaban J connectivity index is 4.06. The number of carbonyl (C=O) groups is 2. The van der Waals surface area contributed by atoms with Gasteiger partial charge in [-0.15, -0.1) is 0 Å². The predicted molar refractivity (Wildman–Crippen MR) is 66.3 cm³/mol. The normalized spacial score (nSPS) is 10.8. The number of amides is 2. The van der Waals surface area contributed by atoms with Crippen LogP contribution in [-0.4, -0.2) is 58.5 Å². The number of hydrogen-bond acceptors (Lipinski definition) is 2. The molecule has 0 rings (SSSR count). The molecule has 0 atom stereocenters. The van der Waals surface area contributed by atoms with Crippen LogP contribution < -0.4 is 0 Å². The van der Waals surface area contributed by atoms with Gasteiger partial charge in [-0.25, -0.2) is 0 Å². The average molecular weight is 310 g/mol. The second-order valence-electron chi connectivity index (χ2n) is 3.12. The molecule has 94 valence electrons. The average Bonchev–Trinajstić information content (AvgIpc) is 2.22. The number of rotatable bonds is 5. The summed E-state index contributed by atoms with van der Waals surface area (Å²) >= 11 is 21.6. The Kier molecular flexibility index (Phi) is 7.48. The third-order valence-electron chi connectivity index (χ3n) is 1.90. The second kappa shape index (κ2) is 7.43. The van der Waals surface area contributed by atoms with E-state index in [0.29, 0.717) is 13.1 Å². The monoisotopic (exact) mass is 308 g/mol. The van der Waals surface area contributed by atoms with E-state index in [0.717, 1.165) is 0 Å². The number of halogens is 4. The molecule has 16 heavy (non-hydrogen) atoms. The summed E-state index contributed by atoms with van der Waals surface area (Å²) in [4.78, 5) is 23.0. The number of nitrogens with zero attached hydrogens (tertiary/aromatic N) is 2. The van der Waals surface area contributed by atoms with Crippen molar-refractivity contribution in [3.05, 3.63) is 0 Å². The Morgan fingerprint density at radius 2 is 1.12 bits per heavy atom. The van der Waals surface area contributed by atoms with Crippen LogP contribution in [0.15, 0.2) is 0 Å². The molecule has 2 amide bonds. The summed E-state index contributed by atoms with van der Waals surface area (Å²) in [6, 6.07) is 0. The molecule has 8 heteroatoms. The second-order valence-corrected chi connectivity index (χ2v) is 5.31. The highest BCUT2D eigenvalue weighted by molar-refractivity contribution is 6.53. The van der Waals surface area contributed by atoms with E-state index < -0.39 is 21.5 Å². The van der Waals surface area contributed by atoms with Gasteiger partial charge in [0.1, 0.15) is 0 Å². The lowest BCUT2D eigenvalue weighted by molar-refractivity contribution is -0.131. The fraction of sp³-hybridized carbons (Fsp3) is 0.750. The van der Waals surface area contributed by atoms with E-state index in [-0.39, 0.29) is 0 Å². The quantitative estimate of drug-likeness (QED) is 0.722. The SMILES string of the molecule is CN(CCN(C)C(=O)C(Cl)Cl)C(=O)C(Cl)Cl. The fourth-order valence-electron chi connectivity index (χ4n) is 0.854. The fourth-order valence-corrected chi connectivity index (χ4v) is 1.52. The van der Waals surface area contributed by atoms with Gasteiger partial charge in [0.15, 0.2) is 9.67 Å². The lowest BCUT2D eigenvalue weighted by Gasteiger charge is -2.23. The Bertz CT molecular complexity index is 234. The Labute approximate surface area is 114 Å². The molecule has 0 aromatic heterocycles. The largest absolute Gasteiger partial charge is 0.342 e. The Morgan fingerprint density at radius 1 is 0.875 bits per heavy atom. The predicted octanol–water partition coefficient (Wildman–Crippen LogP) is 1.51. The van der Waals surface area contributed by atoms with Crippen LogP contribution in [0.2, 0.25) is 0 Å². The summed E-state index contributed by atoms with van der Waals surface area (Å²) in [6.45, 7) is 0.606. The first-order valence-corrected chi connectivity index (χ1v) is 6.08. The van der Waals surface area contributed by atoms with Crippen molar-refractivity contribution in [2.45, 2.75) is 9.67 Å². The number of carbonyl (C=O) groups excluding carboxylic acids is 2. The molecule has 0 heterocycles. The van der Waals surface area contributed by atoms with Crippen molar-refractivity contribution in [1.29, 1.82) is 0 Å².